The van der Waals surface area contributed by atoms with Crippen LogP contribution < -0.4 is 11.5 Å². The Hall–Kier alpha value is -1.78. The highest BCUT2D eigenvalue weighted by molar-refractivity contribution is 5.88. The van der Waals surface area contributed by atoms with Crippen LogP contribution in [0.5, 0.6) is 0 Å². The number of nitrogens with zero attached hydrogens (tertiary/aromatic N) is 1. The van der Waals surface area contributed by atoms with Crippen LogP contribution in [-0.2, 0) is 0 Å². The zero-order valence-corrected chi connectivity index (χ0v) is 6.13. The van der Waals surface area contributed by atoms with Gasteiger partial charge in [0.1, 0.15) is 5.52 Å². The monoisotopic (exact) mass is 166 g/mol. The topological polar surface area (TPSA) is 80.7 Å². The first kappa shape index (κ1) is 6.90. The molecule has 0 saturated heterocycles. The Labute approximate surface area is 67.4 Å². The summed E-state index contributed by atoms with van der Waals surface area (Å²) in [4.78, 5) is 6.41. The average molecular weight is 166 g/mol. The minimum Gasteiger partial charge on any atom is -0.397 e. The van der Waals surface area contributed by atoms with Gasteiger partial charge in [-0.2, -0.15) is 0 Å². The number of H-pyrrole nitrogens is 1. The van der Waals surface area contributed by atoms with Gasteiger partial charge in [-0.05, 0) is 12.1 Å². The highest BCUT2D eigenvalue weighted by Crippen LogP contribution is 2.21. The molecule has 0 radical (unpaired) electrons. The molecule has 5 N–H and O–H groups in total. The summed E-state index contributed by atoms with van der Waals surface area (Å²) in [5.74, 6) is -0.256. The van der Waals surface area contributed by atoms with Crippen molar-refractivity contribution in [3.63, 3.8) is 0 Å². The van der Waals surface area contributed by atoms with E-state index in [0.29, 0.717) is 11.2 Å². The van der Waals surface area contributed by atoms with Crippen molar-refractivity contribution < 1.29 is 4.39 Å². The Kier molecular flexibility index (Phi) is 1.21. The molecular weight excluding hydrogens is 159 g/mol. The van der Waals surface area contributed by atoms with Crippen LogP contribution in [0.1, 0.15) is 0 Å². The number of nitrogens with one attached hydrogen (secondary N) is 1. The van der Waals surface area contributed by atoms with Crippen LogP contribution in [0.3, 0.4) is 0 Å². The van der Waals surface area contributed by atoms with Gasteiger partial charge in [0.25, 0.3) is 0 Å². The predicted octanol–water partition coefficient (Wildman–Crippen LogP) is 0.866. The van der Waals surface area contributed by atoms with Gasteiger partial charge in [0.05, 0.1) is 11.2 Å². The van der Waals surface area contributed by atoms with Crippen molar-refractivity contribution >= 4 is 22.7 Å². The van der Waals surface area contributed by atoms with E-state index in [1.54, 1.807) is 0 Å². The van der Waals surface area contributed by atoms with Gasteiger partial charge < -0.3 is 16.5 Å². The van der Waals surface area contributed by atoms with Gasteiger partial charge in [0, 0.05) is 0 Å². The molecule has 0 amide bonds. The van der Waals surface area contributed by atoms with E-state index in [2.05, 4.69) is 9.97 Å². The summed E-state index contributed by atoms with van der Waals surface area (Å²) in [6, 6.07) is 2.73. The van der Waals surface area contributed by atoms with Crippen molar-refractivity contribution in [3.05, 3.63) is 17.9 Å². The van der Waals surface area contributed by atoms with E-state index in [9.17, 15) is 4.39 Å². The summed E-state index contributed by atoms with van der Waals surface area (Å²) < 4.78 is 13.0. The SMILES string of the molecule is Nc1nc2c(F)ccc(N)c2[nH]1. The summed E-state index contributed by atoms with van der Waals surface area (Å²) in [7, 11) is 0. The largest absolute Gasteiger partial charge is 0.397 e. The molecule has 1 aromatic carbocycles. The molecule has 5 heteroatoms. The van der Waals surface area contributed by atoms with Crippen molar-refractivity contribution in [2.24, 2.45) is 0 Å². The van der Waals surface area contributed by atoms with Gasteiger partial charge >= 0.3 is 0 Å². The fourth-order valence-electron chi connectivity index (χ4n) is 1.10. The molecule has 1 aromatic heterocycles. The molecule has 0 aliphatic heterocycles. The molecule has 0 aliphatic carbocycles. The first-order chi connectivity index (χ1) is 5.68. The van der Waals surface area contributed by atoms with Crippen molar-refractivity contribution in [2.75, 3.05) is 11.5 Å². The van der Waals surface area contributed by atoms with Gasteiger partial charge in [-0.1, -0.05) is 0 Å². The number of imidazole rings is 1. The maximum atomic E-state index is 13.0. The number of fused-ring (bicyclic) bond motifs is 1. The van der Waals surface area contributed by atoms with E-state index in [0.717, 1.165) is 0 Å². The second kappa shape index (κ2) is 2.10. The molecule has 2 aromatic rings. The molecule has 1 heterocycles. The fourth-order valence-corrected chi connectivity index (χ4v) is 1.10. The lowest BCUT2D eigenvalue weighted by Gasteiger charge is -1.93. The number of aromatic amines is 1. The van der Waals surface area contributed by atoms with Crippen LogP contribution in [0.4, 0.5) is 16.0 Å². The number of anilines is 2. The maximum absolute atomic E-state index is 13.0. The third kappa shape index (κ3) is 0.795. The fraction of sp³-hybridized carbons (Fsp3) is 0. The van der Waals surface area contributed by atoms with Crippen LogP contribution in [-0.4, -0.2) is 9.97 Å². The number of benzene rings is 1. The van der Waals surface area contributed by atoms with Gasteiger partial charge in [0.15, 0.2) is 11.8 Å². The smallest absolute Gasteiger partial charge is 0.198 e. The van der Waals surface area contributed by atoms with Crippen LogP contribution in [0.2, 0.25) is 0 Å². The summed E-state index contributed by atoms with van der Waals surface area (Å²) >= 11 is 0. The summed E-state index contributed by atoms with van der Waals surface area (Å²) in [6.45, 7) is 0. The number of hydrogen-bond donors (Lipinski definition) is 3. The van der Waals surface area contributed by atoms with E-state index >= 15 is 0 Å². The van der Waals surface area contributed by atoms with Crippen molar-refractivity contribution in [1.29, 1.82) is 0 Å². The zero-order chi connectivity index (χ0) is 8.72. The van der Waals surface area contributed by atoms with Gasteiger partial charge in [0.2, 0.25) is 0 Å². The Morgan fingerprint density at radius 1 is 1.33 bits per heavy atom. The van der Waals surface area contributed by atoms with Gasteiger partial charge in [-0.15, -0.1) is 0 Å². The lowest BCUT2D eigenvalue weighted by atomic mass is 10.2. The number of nitrogen functional groups attached to an aromatic ring is 2. The quantitative estimate of drug-likeness (QED) is 0.508. The molecule has 0 unspecified atom stereocenters. The minimum absolute atomic E-state index is 0.168. The average Bonchev–Trinajstić information content (AvgIpc) is 2.41. The number of halogens is 1. The Morgan fingerprint density at radius 3 is 2.75 bits per heavy atom. The summed E-state index contributed by atoms with van der Waals surface area (Å²) in [5.41, 5.74) is 12.0. The number of nitrogens with two attached hydrogens (primary N) is 2. The maximum Gasteiger partial charge on any atom is 0.198 e. The summed E-state index contributed by atoms with van der Waals surface area (Å²) in [5, 5.41) is 0. The third-order valence-corrected chi connectivity index (χ3v) is 1.65. The van der Waals surface area contributed by atoms with Crippen LogP contribution in [0, 0.1) is 5.82 Å². The van der Waals surface area contributed by atoms with E-state index in [1.807, 2.05) is 0 Å². The third-order valence-electron chi connectivity index (χ3n) is 1.65. The van der Waals surface area contributed by atoms with Crippen molar-refractivity contribution in [3.8, 4) is 0 Å². The molecule has 0 spiro atoms. The molecule has 0 fully saturated rings. The van der Waals surface area contributed by atoms with E-state index < -0.39 is 5.82 Å². The Bertz CT molecular complexity index is 395. The molecule has 0 bridgehead atoms. The van der Waals surface area contributed by atoms with Crippen LogP contribution in [0.15, 0.2) is 12.1 Å². The zero-order valence-electron chi connectivity index (χ0n) is 6.13. The first-order valence-corrected chi connectivity index (χ1v) is 3.37. The van der Waals surface area contributed by atoms with Crippen molar-refractivity contribution in [2.45, 2.75) is 0 Å². The first-order valence-electron chi connectivity index (χ1n) is 3.37. The molecule has 0 atom stereocenters. The molecule has 0 saturated carbocycles. The molecular formula is C7H7FN4. The van der Waals surface area contributed by atoms with E-state index in [-0.39, 0.29) is 11.5 Å². The highest BCUT2D eigenvalue weighted by Gasteiger charge is 2.07. The highest BCUT2D eigenvalue weighted by atomic mass is 19.1. The van der Waals surface area contributed by atoms with Gasteiger partial charge in [-0.25, -0.2) is 9.37 Å². The molecule has 0 aliphatic rings. The standard InChI is InChI=1S/C7H7FN4/c8-3-1-2-4(9)6-5(3)11-7(10)12-6/h1-2H,9H2,(H3,10,11,12). The second-order valence-electron chi connectivity index (χ2n) is 2.48. The van der Waals surface area contributed by atoms with Gasteiger partial charge in [-0.3, -0.25) is 0 Å². The summed E-state index contributed by atoms with van der Waals surface area (Å²) in [6.07, 6.45) is 0. The Morgan fingerprint density at radius 2 is 2.08 bits per heavy atom. The lowest BCUT2D eigenvalue weighted by molar-refractivity contribution is 0.637. The van der Waals surface area contributed by atoms with Crippen LogP contribution >= 0.6 is 0 Å². The normalized spacial score (nSPS) is 10.8. The number of hydrogen-bond acceptors (Lipinski definition) is 3. The van der Waals surface area contributed by atoms with E-state index in [4.69, 9.17) is 11.5 Å². The molecule has 12 heavy (non-hydrogen) atoms. The molecule has 62 valence electrons. The Balaban J connectivity index is 2.93. The van der Waals surface area contributed by atoms with Crippen LogP contribution in [0.25, 0.3) is 11.0 Å². The predicted molar refractivity (Wildman–Crippen MR) is 44.9 cm³/mol. The number of aromatic nitrogens is 2. The second-order valence-corrected chi connectivity index (χ2v) is 2.48. The van der Waals surface area contributed by atoms with E-state index in [1.165, 1.54) is 12.1 Å². The van der Waals surface area contributed by atoms with Crippen molar-refractivity contribution in [1.82, 2.24) is 9.97 Å². The lowest BCUT2D eigenvalue weighted by Crippen LogP contribution is -1.88. The number of rotatable bonds is 0. The minimum atomic E-state index is -0.424. The molecule has 2 rings (SSSR count). The molecule has 4 nitrogen and oxygen atoms in total.